The molecule has 4 heteroatoms. The van der Waals surface area contributed by atoms with E-state index in [1.807, 2.05) is 12.1 Å². The highest BCUT2D eigenvalue weighted by molar-refractivity contribution is 7.09. The monoisotopic (exact) mass is 291 g/mol. The minimum Gasteiger partial charge on any atom is -0.389 e. The summed E-state index contributed by atoms with van der Waals surface area (Å²) in [6, 6.07) is 9.66. The molecule has 0 spiro atoms. The number of aliphatic hydroxyl groups excluding tert-OH is 1. The van der Waals surface area contributed by atoms with Crippen LogP contribution < -0.4 is 4.90 Å². The third-order valence-electron chi connectivity index (χ3n) is 3.65. The molecule has 3 rings (SSSR count). The largest absolute Gasteiger partial charge is 0.389 e. The van der Waals surface area contributed by atoms with E-state index in [1.165, 1.54) is 10.9 Å². The highest BCUT2D eigenvalue weighted by atomic mass is 32.1. The molecule has 0 amide bonds. The van der Waals surface area contributed by atoms with Crippen LogP contribution in [0.1, 0.15) is 36.3 Å². The maximum absolute atomic E-state index is 14.0. The number of hydrogen-bond donors (Lipinski definition) is 1. The van der Waals surface area contributed by atoms with Gasteiger partial charge in [0.1, 0.15) is 5.82 Å². The average Bonchev–Trinajstić information content (AvgIpc) is 3.12. The fraction of sp³-hybridized carbons (Fsp3) is 0.375. The molecule has 1 saturated carbocycles. The van der Waals surface area contributed by atoms with Crippen LogP contribution in [-0.2, 0) is 6.54 Å². The molecular weight excluding hydrogens is 273 g/mol. The molecule has 106 valence electrons. The van der Waals surface area contributed by atoms with E-state index in [9.17, 15) is 9.50 Å². The van der Waals surface area contributed by atoms with Crippen molar-refractivity contribution in [3.63, 3.8) is 0 Å². The molecule has 1 N–H and O–H groups in total. The zero-order chi connectivity index (χ0) is 14.1. The molecule has 0 unspecified atom stereocenters. The summed E-state index contributed by atoms with van der Waals surface area (Å²) in [5, 5.41) is 12.0. The molecule has 1 aliphatic carbocycles. The van der Waals surface area contributed by atoms with Crippen LogP contribution in [0.5, 0.6) is 0 Å². The number of halogens is 1. The van der Waals surface area contributed by atoms with E-state index in [-0.39, 0.29) is 5.82 Å². The van der Waals surface area contributed by atoms with Gasteiger partial charge >= 0.3 is 0 Å². The molecule has 1 aromatic heterocycles. The second-order valence-electron chi connectivity index (χ2n) is 5.29. The van der Waals surface area contributed by atoms with E-state index in [2.05, 4.69) is 16.3 Å². The number of thiophene rings is 1. The Bertz CT molecular complexity index is 578. The molecule has 1 heterocycles. The van der Waals surface area contributed by atoms with Crippen LogP contribution in [0.3, 0.4) is 0 Å². The molecule has 2 aromatic rings. The standard InChI is InChI=1S/C16H18FNOS/c1-11(19)16-14(17)5-2-6-15(16)18(12-7-8-12)10-13-4-3-9-20-13/h2-6,9,11-12,19H,7-8,10H2,1H3/t11-/m1/s1. The van der Waals surface area contributed by atoms with Gasteiger partial charge in [0.15, 0.2) is 0 Å². The summed E-state index contributed by atoms with van der Waals surface area (Å²) in [6.45, 7) is 2.41. The Morgan fingerprint density at radius 1 is 1.35 bits per heavy atom. The number of nitrogens with zero attached hydrogens (tertiary/aromatic N) is 1. The van der Waals surface area contributed by atoms with E-state index < -0.39 is 6.10 Å². The summed E-state index contributed by atoms with van der Waals surface area (Å²) in [5.74, 6) is -0.325. The number of benzene rings is 1. The van der Waals surface area contributed by atoms with Crippen LogP contribution in [-0.4, -0.2) is 11.1 Å². The number of anilines is 1. The van der Waals surface area contributed by atoms with Crippen molar-refractivity contribution in [2.24, 2.45) is 0 Å². The summed E-state index contributed by atoms with van der Waals surface area (Å²) < 4.78 is 14.0. The fourth-order valence-electron chi connectivity index (χ4n) is 2.56. The Labute approximate surface area is 122 Å². The second kappa shape index (κ2) is 5.54. The molecule has 2 nitrogen and oxygen atoms in total. The molecular formula is C16H18FNOS. The minimum atomic E-state index is -0.796. The molecule has 1 atom stereocenters. The van der Waals surface area contributed by atoms with Gasteiger partial charge in [0, 0.05) is 22.2 Å². The maximum Gasteiger partial charge on any atom is 0.131 e. The van der Waals surface area contributed by atoms with Crippen molar-refractivity contribution < 1.29 is 9.50 Å². The zero-order valence-corrected chi connectivity index (χ0v) is 12.2. The first-order valence-electron chi connectivity index (χ1n) is 6.92. The van der Waals surface area contributed by atoms with Crippen molar-refractivity contribution >= 4 is 17.0 Å². The first kappa shape index (κ1) is 13.6. The summed E-state index contributed by atoms with van der Waals surface area (Å²) in [4.78, 5) is 3.49. The van der Waals surface area contributed by atoms with Gasteiger partial charge in [-0.1, -0.05) is 12.1 Å². The van der Waals surface area contributed by atoms with Crippen LogP contribution in [0.15, 0.2) is 35.7 Å². The predicted octanol–water partition coefficient (Wildman–Crippen LogP) is 4.11. The first-order chi connectivity index (χ1) is 9.66. The first-order valence-corrected chi connectivity index (χ1v) is 7.80. The van der Waals surface area contributed by atoms with Crippen molar-refractivity contribution in [1.29, 1.82) is 0 Å². The van der Waals surface area contributed by atoms with Crippen LogP contribution in [0.4, 0.5) is 10.1 Å². The third kappa shape index (κ3) is 2.72. The Morgan fingerprint density at radius 2 is 2.15 bits per heavy atom. The fourth-order valence-corrected chi connectivity index (χ4v) is 3.26. The molecule has 0 radical (unpaired) electrons. The number of aliphatic hydroxyl groups is 1. The van der Waals surface area contributed by atoms with E-state index >= 15 is 0 Å². The topological polar surface area (TPSA) is 23.5 Å². The van der Waals surface area contributed by atoms with Gasteiger partial charge < -0.3 is 10.0 Å². The Kier molecular flexibility index (Phi) is 3.76. The lowest BCUT2D eigenvalue weighted by Gasteiger charge is -2.27. The van der Waals surface area contributed by atoms with Crippen molar-refractivity contribution in [3.05, 3.63) is 52.0 Å². The molecule has 1 fully saturated rings. The Morgan fingerprint density at radius 3 is 2.75 bits per heavy atom. The second-order valence-corrected chi connectivity index (χ2v) is 6.32. The number of rotatable bonds is 5. The van der Waals surface area contributed by atoms with Gasteiger partial charge in [-0.25, -0.2) is 4.39 Å². The van der Waals surface area contributed by atoms with E-state index in [0.717, 1.165) is 25.1 Å². The van der Waals surface area contributed by atoms with Crippen LogP contribution in [0.2, 0.25) is 0 Å². The lowest BCUT2D eigenvalue weighted by atomic mass is 10.1. The molecule has 1 aromatic carbocycles. The van der Waals surface area contributed by atoms with Gasteiger partial charge in [-0.2, -0.15) is 0 Å². The van der Waals surface area contributed by atoms with Crippen molar-refractivity contribution in [1.82, 2.24) is 0 Å². The summed E-state index contributed by atoms with van der Waals surface area (Å²) in [7, 11) is 0. The maximum atomic E-state index is 14.0. The predicted molar refractivity (Wildman–Crippen MR) is 80.6 cm³/mol. The normalized spacial score (nSPS) is 16.1. The molecule has 1 aliphatic rings. The SMILES string of the molecule is C[C@@H](O)c1c(F)cccc1N(Cc1cccs1)C1CC1. The summed E-state index contributed by atoms with van der Waals surface area (Å²) in [6.07, 6.45) is 1.48. The van der Waals surface area contributed by atoms with E-state index in [0.29, 0.717) is 11.6 Å². The lowest BCUT2D eigenvalue weighted by Crippen LogP contribution is -2.26. The van der Waals surface area contributed by atoms with Gasteiger partial charge in [0.05, 0.1) is 12.6 Å². The smallest absolute Gasteiger partial charge is 0.131 e. The van der Waals surface area contributed by atoms with Gasteiger partial charge in [0.25, 0.3) is 0 Å². The van der Waals surface area contributed by atoms with Gasteiger partial charge in [-0.15, -0.1) is 11.3 Å². The van der Waals surface area contributed by atoms with Crippen molar-refractivity contribution in [3.8, 4) is 0 Å². The van der Waals surface area contributed by atoms with Gasteiger partial charge in [-0.3, -0.25) is 0 Å². The van der Waals surface area contributed by atoms with Crippen molar-refractivity contribution in [2.45, 2.75) is 38.5 Å². The highest BCUT2D eigenvalue weighted by Crippen LogP contribution is 2.38. The van der Waals surface area contributed by atoms with E-state index in [1.54, 1.807) is 24.3 Å². The van der Waals surface area contributed by atoms with Crippen LogP contribution in [0, 0.1) is 5.82 Å². The molecule has 0 saturated heterocycles. The van der Waals surface area contributed by atoms with E-state index in [4.69, 9.17) is 0 Å². The Balaban J connectivity index is 1.97. The van der Waals surface area contributed by atoms with Crippen LogP contribution in [0.25, 0.3) is 0 Å². The highest BCUT2D eigenvalue weighted by Gasteiger charge is 2.32. The van der Waals surface area contributed by atoms with Gasteiger partial charge in [0.2, 0.25) is 0 Å². The molecule has 0 bridgehead atoms. The minimum absolute atomic E-state index is 0.325. The van der Waals surface area contributed by atoms with Crippen molar-refractivity contribution in [2.75, 3.05) is 4.90 Å². The third-order valence-corrected chi connectivity index (χ3v) is 4.51. The van der Waals surface area contributed by atoms with Gasteiger partial charge in [-0.05, 0) is 43.3 Å². The summed E-state index contributed by atoms with van der Waals surface area (Å²) >= 11 is 1.71. The lowest BCUT2D eigenvalue weighted by molar-refractivity contribution is 0.194. The molecule has 20 heavy (non-hydrogen) atoms. The number of hydrogen-bond acceptors (Lipinski definition) is 3. The Hall–Kier alpha value is -1.39. The average molecular weight is 291 g/mol. The molecule has 0 aliphatic heterocycles. The van der Waals surface area contributed by atoms with Crippen LogP contribution >= 0.6 is 11.3 Å². The zero-order valence-electron chi connectivity index (χ0n) is 11.4. The quantitative estimate of drug-likeness (QED) is 0.896. The summed E-state index contributed by atoms with van der Waals surface area (Å²) in [5.41, 5.74) is 1.24.